The van der Waals surface area contributed by atoms with Crippen molar-refractivity contribution < 1.29 is 12.8 Å². The number of nitrogens with zero attached hydrogens (tertiary/aromatic N) is 2. The van der Waals surface area contributed by atoms with E-state index >= 15 is 0 Å². The van der Waals surface area contributed by atoms with Crippen LogP contribution in [-0.2, 0) is 23.0 Å². The SMILES string of the molecule is CCc1nc(S(N)(=O)=O)cn1Cc1cc(Br)ccc1F. The summed E-state index contributed by atoms with van der Waals surface area (Å²) in [4.78, 5) is 3.96. The third kappa shape index (κ3) is 3.25. The maximum absolute atomic E-state index is 13.7. The monoisotopic (exact) mass is 361 g/mol. The highest BCUT2D eigenvalue weighted by Gasteiger charge is 2.16. The first kappa shape index (κ1) is 15.1. The molecule has 0 spiro atoms. The van der Waals surface area contributed by atoms with Crippen LogP contribution in [0.25, 0.3) is 0 Å². The van der Waals surface area contributed by atoms with E-state index in [1.807, 2.05) is 6.92 Å². The number of hydrogen-bond donors (Lipinski definition) is 1. The minimum Gasteiger partial charge on any atom is -0.329 e. The van der Waals surface area contributed by atoms with Gasteiger partial charge in [-0.15, -0.1) is 0 Å². The molecule has 20 heavy (non-hydrogen) atoms. The highest BCUT2D eigenvalue weighted by molar-refractivity contribution is 9.10. The molecule has 0 saturated heterocycles. The van der Waals surface area contributed by atoms with Crippen LogP contribution in [0, 0.1) is 5.82 Å². The van der Waals surface area contributed by atoms with Crippen molar-refractivity contribution in [3.8, 4) is 0 Å². The van der Waals surface area contributed by atoms with Crippen molar-refractivity contribution >= 4 is 26.0 Å². The predicted molar refractivity (Wildman–Crippen MR) is 76.2 cm³/mol. The molecule has 1 aromatic heterocycles. The van der Waals surface area contributed by atoms with E-state index in [2.05, 4.69) is 20.9 Å². The fourth-order valence-electron chi connectivity index (χ4n) is 1.83. The van der Waals surface area contributed by atoms with Gasteiger partial charge in [0.25, 0.3) is 10.0 Å². The van der Waals surface area contributed by atoms with Crippen LogP contribution >= 0.6 is 15.9 Å². The number of halogens is 2. The smallest absolute Gasteiger partial charge is 0.257 e. The highest BCUT2D eigenvalue weighted by Crippen LogP contribution is 2.18. The molecule has 0 atom stereocenters. The number of rotatable bonds is 4. The molecule has 0 unspecified atom stereocenters. The molecule has 0 aliphatic heterocycles. The molecule has 0 fully saturated rings. The molecule has 0 bridgehead atoms. The molecule has 0 aliphatic rings. The Morgan fingerprint density at radius 3 is 2.75 bits per heavy atom. The van der Waals surface area contributed by atoms with E-state index in [9.17, 15) is 12.8 Å². The maximum Gasteiger partial charge on any atom is 0.257 e. The summed E-state index contributed by atoms with van der Waals surface area (Å²) in [6.07, 6.45) is 1.85. The molecule has 108 valence electrons. The minimum absolute atomic E-state index is 0.191. The Labute approximate surface area is 124 Å². The van der Waals surface area contributed by atoms with Gasteiger partial charge in [0.05, 0.1) is 6.54 Å². The normalized spacial score (nSPS) is 11.8. The molecule has 2 aromatic rings. The lowest BCUT2D eigenvalue weighted by Gasteiger charge is -2.07. The number of benzene rings is 1. The Morgan fingerprint density at radius 2 is 2.15 bits per heavy atom. The quantitative estimate of drug-likeness (QED) is 0.904. The van der Waals surface area contributed by atoms with Gasteiger partial charge in [0.15, 0.2) is 5.03 Å². The second-order valence-electron chi connectivity index (χ2n) is 4.26. The summed E-state index contributed by atoms with van der Waals surface area (Å²) in [6, 6.07) is 4.59. The Balaban J connectivity index is 2.43. The molecule has 2 rings (SSSR count). The van der Waals surface area contributed by atoms with Gasteiger partial charge in [-0.05, 0) is 18.2 Å². The van der Waals surface area contributed by atoms with E-state index in [1.165, 1.54) is 12.3 Å². The second kappa shape index (κ2) is 5.63. The first-order chi connectivity index (χ1) is 9.31. The van der Waals surface area contributed by atoms with Crippen molar-refractivity contribution in [2.24, 2.45) is 5.14 Å². The number of nitrogens with two attached hydrogens (primary N) is 1. The summed E-state index contributed by atoms with van der Waals surface area (Å²) in [5.41, 5.74) is 0.437. The van der Waals surface area contributed by atoms with Crippen LogP contribution in [0.4, 0.5) is 4.39 Å². The Kier molecular flexibility index (Phi) is 4.26. The molecule has 1 aromatic carbocycles. The maximum atomic E-state index is 13.7. The van der Waals surface area contributed by atoms with Crippen LogP contribution in [0.15, 0.2) is 33.9 Å². The Bertz CT molecular complexity index is 743. The van der Waals surface area contributed by atoms with Crippen molar-refractivity contribution in [1.29, 1.82) is 0 Å². The van der Waals surface area contributed by atoms with E-state index < -0.39 is 10.0 Å². The van der Waals surface area contributed by atoms with E-state index in [-0.39, 0.29) is 17.4 Å². The fraction of sp³-hybridized carbons (Fsp3) is 0.250. The first-order valence-electron chi connectivity index (χ1n) is 5.84. The number of sulfonamides is 1. The minimum atomic E-state index is -3.86. The summed E-state index contributed by atoms with van der Waals surface area (Å²) in [7, 11) is -3.86. The van der Waals surface area contributed by atoms with Gasteiger partial charge in [-0.2, -0.15) is 0 Å². The van der Waals surface area contributed by atoms with Crippen LogP contribution in [-0.4, -0.2) is 18.0 Å². The molecule has 8 heteroatoms. The largest absolute Gasteiger partial charge is 0.329 e. The molecular weight excluding hydrogens is 349 g/mol. The molecule has 5 nitrogen and oxygen atoms in total. The van der Waals surface area contributed by atoms with Crippen LogP contribution in [0.5, 0.6) is 0 Å². The van der Waals surface area contributed by atoms with Crippen LogP contribution in [0.3, 0.4) is 0 Å². The van der Waals surface area contributed by atoms with Gasteiger partial charge in [0, 0.05) is 22.7 Å². The van der Waals surface area contributed by atoms with Gasteiger partial charge in [0.2, 0.25) is 0 Å². The van der Waals surface area contributed by atoms with Crippen molar-refractivity contribution in [1.82, 2.24) is 9.55 Å². The van der Waals surface area contributed by atoms with Crippen molar-refractivity contribution in [2.45, 2.75) is 24.9 Å². The van der Waals surface area contributed by atoms with Crippen LogP contribution in [0.1, 0.15) is 18.3 Å². The number of primary sulfonamides is 1. The Morgan fingerprint density at radius 1 is 1.45 bits per heavy atom. The molecular formula is C12H13BrFN3O2S. The topological polar surface area (TPSA) is 78.0 Å². The number of imidazole rings is 1. The lowest BCUT2D eigenvalue weighted by atomic mass is 10.2. The summed E-state index contributed by atoms with van der Waals surface area (Å²) >= 11 is 3.27. The van der Waals surface area contributed by atoms with Gasteiger partial charge in [-0.3, -0.25) is 0 Å². The van der Waals surface area contributed by atoms with Gasteiger partial charge in [-0.1, -0.05) is 22.9 Å². The molecule has 1 heterocycles. The highest BCUT2D eigenvalue weighted by atomic mass is 79.9. The zero-order chi connectivity index (χ0) is 14.9. The zero-order valence-corrected chi connectivity index (χ0v) is 13.1. The summed E-state index contributed by atoms with van der Waals surface area (Å²) < 4.78 is 38.7. The van der Waals surface area contributed by atoms with Gasteiger partial charge < -0.3 is 4.57 Å². The van der Waals surface area contributed by atoms with E-state index in [1.54, 1.807) is 16.7 Å². The van der Waals surface area contributed by atoms with E-state index in [0.29, 0.717) is 17.8 Å². The van der Waals surface area contributed by atoms with Crippen molar-refractivity contribution in [3.05, 3.63) is 46.1 Å². The number of hydrogen-bond acceptors (Lipinski definition) is 3. The van der Waals surface area contributed by atoms with Crippen LogP contribution in [0.2, 0.25) is 0 Å². The molecule has 0 aliphatic carbocycles. The van der Waals surface area contributed by atoms with E-state index in [4.69, 9.17) is 5.14 Å². The van der Waals surface area contributed by atoms with E-state index in [0.717, 1.165) is 4.47 Å². The van der Waals surface area contributed by atoms with Crippen molar-refractivity contribution in [3.63, 3.8) is 0 Å². The molecule has 0 radical (unpaired) electrons. The molecule has 0 amide bonds. The summed E-state index contributed by atoms with van der Waals surface area (Å²) in [6.45, 7) is 2.03. The zero-order valence-electron chi connectivity index (χ0n) is 10.7. The standard InChI is InChI=1S/C12H13BrFN3O2S/c1-2-11-16-12(20(15,18)19)7-17(11)6-8-5-9(13)3-4-10(8)14/h3-5,7H,2,6H2,1H3,(H2,15,18,19). The number of aromatic nitrogens is 2. The first-order valence-corrected chi connectivity index (χ1v) is 8.18. The fourth-order valence-corrected chi connectivity index (χ4v) is 2.75. The number of aryl methyl sites for hydroxylation is 1. The summed E-state index contributed by atoms with van der Waals surface area (Å²) in [5.74, 6) is 0.175. The lowest BCUT2D eigenvalue weighted by Crippen LogP contribution is -2.12. The van der Waals surface area contributed by atoms with Crippen LogP contribution < -0.4 is 5.14 Å². The second-order valence-corrected chi connectivity index (χ2v) is 6.68. The molecule has 2 N–H and O–H groups in total. The lowest BCUT2D eigenvalue weighted by molar-refractivity contribution is 0.593. The Hall–Kier alpha value is -1.25. The van der Waals surface area contributed by atoms with Gasteiger partial charge >= 0.3 is 0 Å². The molecule has 0 saturated carbocycles. The van der Waals surface area contributed by atoms with Crippen molar-refractivity contribution in [2.75, 3.05) is 0 Å². The average Bonchev–Trinajstić information content (AvgIpc) is 2.77. The summed E-state index contributed by atoms with van der Waals surface area (Å²) in [5, 5.41) is 4.85. The predicted octanol–water partition coefficient (Wildman–Crippen LogP) is 2.04. The van der Waals surface area contributed by atoms with Gasteiger partial charge in [0.1, 0.15) is 11.6 Å². The third-order valence-corrected chi connectivity index (χ3v) is 4.07. The average molecular weight is 362 g/mol. The van der Waals surface area contributed by atoms with Gasteiger partial charge in [-0.25, -0.2) is 22.9 Å². The third-order valence-electron chi connectivity index (χ3n) is 2.79.